The Morgan fingerprint density at radius 3 is 1.47 bits per heavy atom. The highest BCUT2D eigenvalue weighted by Crippen LogP contribution is 2.09. The Morgan fingerprint density at radius 2 is 1.12 bits per heavy atom. The molecule has 0 saturated carbocycles. The highest BCUT2D eigenvalue weighted by Gasteiger charge is 2.05. The van der Waals surface area contributed by atoms with Gasteiger partial charge in [0, 0.05) is 0 Å². The molecule has 0 saturated heterocycles. The fraction of sp³-hybridized carbons (Fsp3) is 1.00. The Kier molecular flexibility index (Phi) is 11.0. The molecule has 0 rings (SSSR count). The molecular formula is C16H35N. The van der Waals surface area contributed by atoms with Gasteiger partial charge in [-0.25, -0.2) is 0 Å². The third-order valence-corrected chi connectivity index (χ3v) is 3.34. The number of rotatable bonds is 11. The summed E-state index contributed by atoms with van der Waals surface area (Å²) in [5.74, 6) is 1.72. The Balaban J connectivity index is 3.71. The fourth-order valence-corrected chi connectivity index (χ4v) is 2.16. The minimum Gasteiger partial charge on any atom is -0.303 e. The van der Waals surface area contributed by atoms with Gasteiger partial charge in [0.2, 0.25) is 0 Å². The molecule has 0 aromatic rings. The largest absolute Gasteiger partial charge is 0.303 e. The van der Waals surface area contributed by atoms with Crippen LogP contribution in [-0.2, 0) is 0 Å². The van der Waals surface area contributed by atoms with Crippen LogP contribution in [0.25, 0.3) is 0 Å². The minimum absolute atomic E-state index is 0.860. The van der Waals surface area contributed by atoms with Gasteiger partial charge in [-0.2, -0.15) is 0 Å². The van der Waals surface area contributed by atoms with Crippen molar-refractivity contribution in [2.45, 2.75) is 73.1 Å². The molecule has 0 N–H and O–H groups in total. The zero-order valence-electron chi connectivity index (χ0n) is 13.0. The number of hydrogen-bond donors (Lipinski definition) is 0. The molecular weight excluding hydrogens is 206 g/mol. The van der Waals surface area contributed by atoms with Gasteiger partial charge in [-0.1, -0.05) is 41.0 Å². The monoisotopic (exact) mass is 241 g/mol. The van der Waals surface area contributed by atoms with Crippen molar-refractivity contribution >= 4 is 0 Å². The van der Waals surface area contributed by atoms with Gasteiger partial charge >= 0.3 is 0 Å². The van der Waals surface area contributed by atoms with Crippen LogP contribution in [-0.4, -0.2) is 24.5 Å². The quantitative estimate of drug-likeness (QED) is 0.494. The lowest BCUT2D eigenvalue weighted by Gasteiger charge is -2.23. The topological polar surface area (TPSA) is 3.24 Å². The molecule has 0 amide bonds. The van der Waals surface area contributed by atoms with E-state index in [4.69, 9.17) is 0 Å². The minimum atomic E-state index is 0.860. The lowest BCUT2D eigenvalue weighted by Crippen LogP contribution is -2.27. The van der Waals surface area contributed by atoms with Crippen molar-refractivity contribution in [1.29, 1.82) is 0 Å². The van der Waals surface area contributed by atoms with Crippen LogP contribution in [0.2, 0.25) is 0 Å². The fourth-order valence-electron chi connectivity index (χ4n) is 2.16. The molecule has 1 nitrogen and oxygen atoms in total. The lowest BCUT2D eigenvalue weighted by molar-refractivity contribution is 0.250. The summed E-state index contributed by atoms with van der Waals surface area (Å²) in [5.41, 5.74) is 0. The van der Waals surface area contributed by atoms with Gasteiger partial charge in [-0.15, -0.1) is 0 Å². The highest BCUT2D eigenvalue weighted by molar-refractivity contribution is 4.60. The van der Waals surface area contributed by atoms with Crippen LogP contribution in [0.15, 0.2) is 0 Å². The average Bonchev–Trinajstić information content (AvgIpc) is 2.24. The van der Waals surface area contributed by atoms with E-state index < -0.39 is 0 Å². The van der Waals surface area contributed by atoms with Gasteiger partial charge in [0.05, 0.1) is 0 Å². The van der Waals surface area contributed by atoms with Crippen molar-refractivity contribution in [2.24, 2.45) is 11.8 Å². The highest BCUT2D eigenvalue weighted by atomic mass is 15.1. The number of hydrogen-bond acceptors (Lipinski definition) is 1. The third kappa shape index (κ3) is 12.2. The summed E-state index contributed by atoms with van der Waals surface area (Å²) in [7, 11) is 0. The second kappa shape index (κ2) is 11.1. The van der Waals surface area contributed by atoms with E-state index in [2.05, 4.69) is 39.5 Å². The van der Waals surface area contributed by atoms with E-state index >= 15 is 0 Å². The van der Waals surface area contributed by atoms with Crippen LogP contribution >= 0.6 is 0 Å². The second-order valence-corrected chi connectivity index (χ2v) is 6.27. The molecule has 0 spiro atoms. The predicted molar refractivity (Wildman–Crippen MR) is 79.5 cm³/mol. The summed E-state index contributed by atoms with van der Waals surface area (Å²) in [6, 6.07) is 0. The summed E-state index contributed by atoms with van der Waals surface area (Å²) in [5, 5.41) is 0. The average molecular weight is 241 g/mol. The molecule has 1 heteroatoms. The van der Waals surface area contributed by atoms with Crippen LogP contribution in [0.1, 0.15) is 73.1 Å². The molecule has 0 aliphatic carbocycles. The summed E-state index contributed by atoms with van der Waals surface area (Å²) >= 11 is 0. The van der Waals surface area contributed by atoms with Crippen LogP contribution in [0, 0.1) is 11.8 Å². The van der Waals surface area contributed by atoms with Crippen molar-refractivity contribution < 1.29 is 0 Å². The van der Waals surface area contributed by atoms with Crippen LogP contribution in [0.3, 0.4) is 0 Å². The Morgan fingerprint density at radius 1 is 0.706 bits per heavy atom. The molecule has 0 bridgehead atoms. The zero-order chi connectivity index (χ0) is 13.1. The van der Waals surface area contributed by atoms with E-state index in [1.54, 1.807) is 0 Å². The lowest BCUT2D eigenvalue weighted by atomic mass is 10.1. The summed E-state index contributed by atoms with van der Waals surface area (Å²) < 4.78 is 0. The maximum absolute atomic E-state index is 2.69. The second-order valence-electron chi connectivity index (χ2n) is 6.27. The molecule has 104 valence electrons. The first-order chi connectivity index (χ1) is 8.06. The van der Waals surface area contributed by atoms with Gasteiger partial charge in [0.25, 0.3) is 0 Å². The van der Waals surface area contributed by atoms with E-state index in [1.165, 1.54) is 58.2 Å². The first-order valence-electron chi connectivity index (χ1n) is 7.78. The standard InChI is InChI=1S/C16H35N/c1-6-7-12-17(13-8-10-15(2)3)14-9-11-16(4)5/h15-16H,6-14H2,1-5H3. The summed E-state index contributed by atoms with van der Waals surface area (Å²) in [4.78, 5) is 2.69. The van der Waals surface area contributed by atoms with Crippen LogP contribution in [0.5, 0.6) is 0 Å². The van der Waals surface area contributed by atoms with E-state index in [0.717, 1.165) is 11.8 Å². The molecule has 0 unspecified atom stereocenters. The first-order valence-corrected chi connectivity index (χ1v) is 7.78. The molecule has 0 aromatic carbocycles. The molecule has 0 heterocycles. The van der Waals surface area contributed by atoms with Gasteiger partial charge in [-0.05, 0) is 63.6 Å². The smallest absolute Gasteiger partial charge is 0.00186 e. The van der Waals surface area contributed by atoms with E-state index in [9.17, 15) is 0 Å². The van der Waals surface area contributed by atoms with E-state index in [0.29, 0.717) is 0 Å². The van der Waals surface area contributed by atoms with Gasteiger partial charge < -0.3 is 4.90 Å². The van der Waals surface area contributed by atoms with Crippen LogP contribution in [0.4, 0.5) is 0 Å². The Bertz CT molecular complexity index is 138. The van der Waals surface area contributed by atoms with Gasteiger partial charge in [-0.3, -0.25) is 0 Å². The third-order valence-electron chi connectivity index (χ3n) is 3.34. The van der Waals surface area contributed by atoms with Crippen molar-refractivity contribution in [1.82, 2.24) is 4.90 Å². The molecule has 0 aromatic heterocycles. The predicted octanol–water partition coefficient (Wildman–Crippen LogP) is 4.96. The zero-order valence-corrected chi connectivity index (χ0v) is 13.0. The summed E-state index contributed by atoms with van der Waals surface area (Å²) in [6.45, 7) is 15.5. The summed E-state index contributed by atoms with van der Waals surface area (Å²) in [6.07, 6.45) is 8.21. The molecule has 0 aliphatic heterocycles. The number of nitrogens with zero attached hydrogens (tertiary/aromatic N) is 1. The molecule has 0 atom stereocenters. The molecule has 0 radical (unpaired) electrons. The van der Waals surface area contributed by atoms with Crippen LogP contribution < -0.4 is 0 Å². The normalized spacial score (nSPS) is 12.0. The first kappa shape index (κ1) is 17.0. The van der Waals surface area contributed by atoms with Crippen molar-refractivity contribution in [3.05, 3.63) is 0 Å². The Hall–Kier alpha value is -0.0400. The molecule has 0 fully saturated rings. The SMILES string of the molecule is CCCCN(CCCC(C)C)CCCC(C)C. The van der Waals surface area contributed by atoms with E-state index in [-0.39, 0.29) is 0 Å². The van der Waals surface area contributed by atoms with Crippen molar-refractivity contribution in [3.63, 3.8) is 0 Å². The Labute approximate surface area is 110 Å². The van der Waals surface area contributed by atoms with Gasteiger partial charge in [0.15, 0.2) is 0 Å². The molecule has 0 aliphatic rings. The molecule has 17 heavy (non-hydrogen) atoms. The number of unbranched alkanes of at least 4 members (excludes halogenated alkanes) is 1. The van der Waals surface area contributed by atoms with E-state index in [1.807, 2.05) is 0 Å². The van der Waals surface area contributed by atoms with Crippen molar-refractivity contribution in [2.75, 3.05) is 19.6 Å². The van der Waals surface area contributed by atoms with Crippen molar-refractivity contribution in [3.8, 4) is 0 Å². The maximum Gasteiger partial charge on any atom is -0.00186 e. The maximum atomic E-state index is 2.69. The van der Waals surface area contributed by atoms with Gasteiger partial charge in [0.1, 0.15) is 0 Å².